The quantitative estimate of drug-likeness (QED) is 0.903. The Balaban J connectivity index is 2.15. The molecule has 0 unspecified atom stereocenters. The molecule has 0 aliphatic rings. The molecular formula is C15H11Cl2NO3. The van der Waals surface area contributed by atoms with E-state index in [0.29, 0.717) is 10.0 Å². The van der Waals surface area contributed by atoms with Gasteiger partial charge in [0.25, 0.3) is 5.91 Å². The molecule has 2 aromatic carbocycles. The molecule has 1 amide bonds. The molecule has 0 bridgehead atoms. The van der Waals surface area contributed by atoms with Crippen molar-refractivity contribution in [2.45, 2.75) is 6.54 Å². The number of carbonyl (C=O) groups excluding carboxylic acids is 1. The van der Waals surface area contributed by atoms with Crippen molar-refractivity contribution >= 4 is 35.1 Å². The third-order valence-corrected chi connectivity index (χ3v) is 3.31. The van der Waals surface area contributed by atoms with Gasteiger partial charge in [-0.1, -0.05) is 35.3 Å². The highest BCUT2D eigenvalue weighted by atomic mass is 35.5. The summed E-state index contributed by atoms with van der Waals surface area (Å²) in [6, 6.07) is 11.1. The summed E-state index contributed by atoms with van der Waals surface area (Å²) >= 11 is 11.6. The molecule has 0 radical (unpaired) electrons. The van der Waals surface area contributed by atoms with Gasteiger partial charge in [-0.15, -0.1) is 0 Å². The second kappa shape index (κ2) is 6.61. The summed E-state index contributed by atoms with van der Waals surface area (Å²) in [6.07, 6.45) is 0. The van der Waals surface area contributed by atoms with Gasteiger partial charge in [-0.3, -0.25) is 4.79 Å². The molecule has 2 rings (SSSR count). The number of hydrogen-bond donors (Lipinski definition) is 2. The molecule has 2 aromatic rings. The Bertz CT molecular complexity index is 684. The number of nitrogens with one attached hydrogen (secondary N) is 1. The number of carboxylic acids is 1. The zero-order chi connectivity index (χ0) is 15.4. The first-order chi connectivity index (χ1) is 9.97. The van der Waals surface area contributed by atoms with Crippen LogP contribution < -0.4 is 5.32 Å². The van der Waals surface area contributed by atoms with E-state index < -0.39 is 11.9 Å². The van der Waals surface area contributed by atoms with Crippen molar-refractivity contribution in [3.63, 3.8) is 0 Å². The summed E-state index contributed by atoms with van der Waals surface area (Å²) in [5.74, 6) is -1.67. The molecule has 0 heterocycles. The van der Waals surface area contributed by atoms with E-state index in [1.807, 2.05) is 0 Å². The summed E-state index contributed by atoms with van der Waals surface area (Å²) in [7, 11) is 0. The summed E-state index contributed by atoms with van der Waals surface area (Å²) in [5, 5.41) is 12.6. The number of hydrogen-bond acceptors (Lipinski definition) is 2. The zero-order valence-electron chi connectivity index (χ0n) is 10.8. The van der Waals surface area contributed by atoms with Crippen molar-refractivity contribution in [2.24, 2.45) is 0 Å². The van der Waals surface area contributed by atoms with Crippen LogP contribution in [-0.4, -0.2) is 17.0 Å². The standard InChI is InChI=1S/C15H11Cl2NO3/c16-10-3-1-9(2-4-10)8-18-14(19)13-7-11(17)5-6-12(13)15(20)21/h1-7H,8H2,(H,18,19)(H,20,21). The normalized spacial score (nSPS) is 10.2. The number of halogens is 2. The number of carboxylic acid groups (broad SMARTS) is 1. The fourth-order valence-corrected chi connectivity index (χ4v) is 2.07. The molecular weight excluding hydrogens is 313 g/mol. The van der Waals surface area contributed by atoms with E-state index >= 15 is 0 Å². The van der Waals surface area contributed by atoms with Crippen LogP contribution in [0, 0.1) is 0 Å². The number of amides is 1. The Kier molecular flexibility index (Phi) is 4.83. The molecule has 6 heteroatoms. The highest BCUT2D eigenvalue weighted by Gasteiger charge is 2.16. The summed E-state index contributed by atoms with van der Waals surface area (Å²) < 4.78 is 0. The molecule has 0 saturated heterocycles. The lowest BCUT2D eigenvalue weighted by atomic mass is 10.1. The van der Waals surface area contributed by atoms with E-state index in [1.165, 1.54) is 18.2 Å². The summed E-state index contributed by atoms with van der Waals surface area (Å²) in [5.41, 5.74) is 0.795. The lowest BCUT2D eigenvalue weighted by Gasteiger charge is -2.08. The molecule has 0 atom stereocenters. The predicted octanol–water partition coefficient (Wildman–Crippen LogP) is 3.62. The highest BCUT2D eigenvalue weighted by Crippen LogP contribution is 2.17. The van der Waals surface area contributed by atoms with Crippen LogP contribution in [-0.2, 0) is 6.54 Å². The van der Waals surface area contributed by atoms with Gasteiger partial charge in [-0.25, -0.2) is 4.79 Å². The minimum Gasteiger partial charge on any atom is -0.478 e. The largest absolute Gasteiger partial charge is 0.478 e. The Morgan fingerprint density at radius 2 is 1.57 bits per heavy atom. The van der Waals surface area contributed by atoms with Crippen LogP contribution in [0.2, 0.25) is 10.0 Å². The van der Waals surface area contributed by atoms with E-state index in [2.05, 4.69) is 5.32 Å². The van der Waals surface area contributed by atoms with Crippen LogP contribution in [0.4, 0.5) is 0 Å². The highest BCUT2D eigenvalue weighted by molar-refractivity contribution is 6.31. The maximum atomic E-state index is 12.1. The van der Waals surface area contributed by atoms with E-state index in [4.69, 9.17) is 28.3 Å². The fourth-order valence-electron chi connectivity index (χ4n) is 1.77. The molecule has 0 saturated carbocycles. The monoisotopic (exact) mass is 323 g/mol. The van der Waals surface area contributed by atoms with Gasteiger partial charge in [0.2, 0.25) is 0 Å². The summed E-state index contributed by atoms with van der Waals surface area (Å²) in [4.78, 5) is 23.2. The first kappa shape index (κ1) is 15.4. The van der Waals surface area contributed by atoms with Crippen molar-refractivity contribution in [3.8, 4) is 0 Å². The molecule has 2 N–H and O–H groups in total. The average Bonchev–Trinajstić information content (AvgIpc) is 2.46. The topological polar surface area (TPSA) is 66.4 Å². The van der Waals surface area contributed by atoms with E-state index in [1.54, 1.807) is 24.3 Å². The van der Waals surface area contributed by atoms with Crippen molar-refractivity contribution in [1.82, 2.24) is 5.32 Å². The summed E-state index contributed by atoms with van der Waals surface area (Å²) in [6.45, 7) is 0.265. The number of carbonyl (C=O) groups is 2. The van der Waals surface area contributed by atoms with E-state index in [0.717, 1.165) is 5.56 Å². The Labute approximate surface area is 131 Å². The fraction of sp³-hybridized carbons (Fsp3) is 0.0667. The first-order valence-electron chi connectivity index (χ1n) is 6.03. The van der Waals surface area contributed by atoms with Crippen molar-refractivity contribution in [2.75, 3.05) is 0 Å². The molecule has 0 spiro atoms. The molecule has 108 valence electrons. The van der Waals surface area contributed by atoms with Gasteiger partial charge in [0.1, 0.15) is 0 Å². The predicted molar refractivity (Wildman–Crippen MR) is 81.0 cm³/mol. The smallest absolute Gasteiger partial charge is 0.336 e. The molecule has 0 fully saturated rings. The van der Waals surface area contributed by atoms with E-state index in [-0.39, 0.29) is 17.7 Å². The van der Waals surface area contributed by atoms with Crippen LogP contribution in [0.5, 0.6) is 0 Å². The molecule has 0 aliphatic heterocycles. The zero-order valence-corrected chi connectivity index (χ0v) is 12.3. The van der Waals surface area contributed by atoms with Gasteiger partial charge in [-0.2, -0.15) is 0 Å². The van der Waals surface area contributed by atoms with Gasteiger partial charge < -0.3 is 10.4 Å². The lowest BCUT2D eigenvalue weighted by molar-refractivity contribution is 0.0691. The Hall–Kier alpha value is -2.04. The van der Waals surface area contributed by atoms with Gasteiger partial charge in [0, 0.05) is 16.6 Å². The maximum Gasteiger partial charge on any atom is 0.336 e. The van der Waals surface area contributed by atoms with Gasteiger partial charge >= 0.3 is 5.97 Å². The van der Waals surface area contributed by atoms with Crippen LogP contribution in [0.3, 0.4) is 0 Å². The van der Waals surface area contributed by atoms with Gasteiger partial charge in [0.05, 0.1) is 11.1 Å². The maximum absolute atomic E-state index is 12.1. The van der Waals surface area contributed by atoms with Crippen molar-refractivity contribution in [3.05, 3.63) is 69.2 Å². The second-order valence-electron chi connectivity index (χ2n) is 4.30. The van der Waals surface area contributed by atoms with E-state index in [9.17, 15) is 9.59 Å². The SMILES string of the molecule is O=C(O)c1ccc(Cl)cc1C(=O)NCc1ccc(Cl)cc1. The van der Waals surface area contributed by atoms with Gasteiger partial charge in [0.15, 0.2) is 0 Å². The van der Waals surface area contributed by atoms with Crippen LogP contribution in [0.15, 0.2) is 42.5 Å². The second-order valence-corrected chi connectivity index (χ2v) is 5.18. The number of rotatable bonds is 4. The van der Waals surface area contributed by atoms with Crippen molar-refractivity contribution in [1.29, 1.82) is 0 Å². The van der Waals surface area contributed by atoms with Crippen molar-refractivity contribution < 1.29 is 14.7 Å². The molecule has 0 aromatic heterocycles. The number of benzene rings is 2. The lowest BCUT2D eigenvalue weighted by Crippen LogP contribution is -2.25. The third-order valence-electron chi connectivity index (χ3n) is 2.82. The molecule has 21 heavy (non-hydrogen) atoms. The molecule has 4 nitrogen and oxygen atoms in total. The minimum atomic E-state index is -1.18. The van der Waals surface area contributed by atoms with Gasteiger partial charge in [-0.05, 0) is 35.9 Å². The number of aromatic carboxylic acids is 1. The Morgan fingerprint density at radius 1 is 0.952 bits per heavy atom. The van der Waals surface area contributed by atoms with Crippen LogP contribution >= 0.6 is 23.2 Å². The minimum absolute atomic E-state index is 0.0314. The third kappa shape index (κ3) is 3.97. The Morgan fingerprint density at radius 3 is 2.19 bits per heavy atom. The first-order valence-corrected chi connectivity index (χ1v) is 6.78. The van der Waals surface area contributed by atoms with Crippen LogP contribution in [0.1, 0.15) is 26.3 Å². The molecule has 0 aliphatic carbocycles. The van der Waals surface area contributed by atoms with Crippen LogP contribution in [0.25, 0.3) is 0 Å². The average molecular weight is 324 g/mol.